The van der Waals surface area contributed by atoms with E-state index in [1.54, 1.807) is 6.07 Å². The normalized spacial score (nSPS) is 10.0. The van der Waals surface area contributed by atoms with Gasteiger partial charge in [0.1, 0.15) is 16.2 Å². The lowest BCUT2D eigenvalue weighted by atomic mass is 10.2. The van der Waals surface area contributed by atoms with Gasteiger partial charge in [0.25, 0.3) is 0 Å². The molecule has 5 heteroatoms. The minimum absolute atomic E-state index is 0.633. The second-order valence-corrected chi connectivity index (χ2v) is 4.85. The van der Waals surface area contributed by atoms with Gasteiger partial charge < -0.3 is 4.90 Å². The molecule has 0 atom stereocenters. The predicted octanol–water partition coefficient (Wildman–Crippen LogP) is 3.44. The number of hydrogen-bond donors (Lipinski definition) is 0. The number of hydrogen-bond acceptors (Lipinski definition) is 4. The highest BCUT2D eigenvalue weighted by atomic mass is 79.9. The number of aryl methyl sites for hydroxylation is 1. The Morgan fingerprint density at radius 3 is 2.79 bits per heavy atom. The first kappa shape index (κ1) is 13.5. The summed E-state index contributed by atoms with van der Waals surface area (Å²) in [6.45, 7) is 2.02. The average Bonchev–Trinajstić information content (AvgIpc) is 2.45. The molecular formula is C14H13BrN4. The molecule has 0 bridgehead atoms. The third-order valence-electron chi connectivity index (χ3n) is 2.75. The van der Waals surface area contributed by atoms with E-state index in [-0.39, 0.29) is 0 Å². The Labute approximate surface area is 120 Å². The number of aromatic nitrogens is 2. The topological polar surface area (TPSA) is 52.8 Å². The molecule has 0 aliphatic heterocycles. The lowest BCUT2D eigenvalue weighted by Crippen LogP contribution is -2.13. The lowest BCUT2D eigenvalue weighted by Gasteiger charge is -2.19. The molecule has 2 rings (SSSR count). The van der Waals surface area contributed by atoms with Crippen molar-refractivity contribution < 1.29 is 0 Å². The molecule has 19 heavy (non-hydrogen) atoms. The van der Waals surface area contributed by atoms with Crippen LogP contribution < -0.4 is 4.90 Å². The first-order valence-electron chi connectivity index (χ1n) is 5.91. The first-order valence-corrected chi connectivity index (χ1v) is 6.70. The van der Waals surface area contributed by atoms with Gasteiger partial charge in [-0.05, 0) is 34.1 Å². The van der Waals surface area contributed by atoms with Crippen LogP contribution in [-0.4, -0.2) is 17.0 Å². The Kier molecular flexibility index (Phi) is 4.13. The molecule has 0 radical (unpaired) electrons. The molecule has 0 aliphatic rings. The number of benzene rings is 1. The molecule has 1 aromatic carbocycles. The van der Waals surface area contributed by atoms with Gasteiger partial charge in [-0.15, -0.1) is 0 Å². The van der Waals surface area contributed by atoms with Gasteiger partial charge in [0.05, 0.1) is 11.6 Å². The summed E-state index contributed by atoms with van der Waals surface area (Å²) in [6.07, 6.45) is 0.776. The second-order valence-electron chi connectivity index (χ2n) is 4.04. The van der Waals surface area contributed by atoms with Gasteiger partial charge in [-0.1, -0.05) is 13.0 Å². The van der Waals surface area contributed by atoms with Crippen LogP contribution in [0, 0.1) is 11.3 Å². The number of rotatable bonds is 3. The summed E-state index contributed by atoms with van der Waals surface area (Å²) < 4.78 is 0.762. The predicted molar refractivity (Wildman–Crippen MR) is 78.3 cm³/mol. The fourth-order valence-electron chi connectivity index (χ4n) is 1.70. The van der Waals surface area contributed by atoms with Crippen LogP contribution in [0.1, 0.15) is 18.3 Å². The Morgan fingerprint density at radius 2 is 2.11 bits per heavy atom. The minimum atomic E-state index is 0.633. The fraction of sp³-hybridized carbons (Fsp3) is 0.214. The average molecular weight is 317 g/mol. The minimum Gasteiger partial charge on any atom is -0.329 e. The Bertz CT molecular complexity index is 634. The van der Waals surface area contributed by atoms with Gasteiger partial charge in [0, 0.05) is 25.2 Å². The molecule has 0 saturated carbocycles. The molecule has 0 aliphatic carbocycles. The molecule has 0 amide bonds. The van der Waals surface area contributed by atoms with E-state index in [0.717, 1.165) is 28.4 Å². The van der Waals surface area contributed by atoms with Crippen LogP contribution in [0.25, 0.3) is 0 Å². The van der Waals surface area contributed by atoms with Crippen molar-refractivity contribution in [3.63, 3.8) is 0 Å². The fourth-order valence-corrected chi connectivity index (χ4v) is 2.11. The monoisotopic (exact) mass is 316 g/mol. The largest absolute Gasteiger partial charge is 0.329 e. The summed E-state index contributed by atoms with van der Waals surface area (Å²) in [4.78, 5) is 10.7. The second kappa shape index (κ2) is 5.81. The molecule has 4 nitrogen and oxygen atoms in total. The van der Waals surface area contributed by atoms with Crippen LogP contribution >= 0.6 is 15.9 Å². The van der Waals surface area contributed by atoms with Gasteiger partial charge in [-0.25, -0.2) is 9.97 Å². The Balaban J connectivity index is 2.40. The summed E-state index contributed by atoms with van der Waals surface area (Å²) in [7, 11) is 1.92. The van der Waals surface area contributed by atoms with E-state index in [4.69, 9.17) is 5.26 Å². The van der Waals surface area contributed by atoms with Crippen LogP contribution in [0.4, 0.5) is 11.5 Å². The van der Waals surface area contributed by atoms with Crippen LogP contribution in [0.15, 0.2) is 34.9 Å². The van der Waals surface area contributed by atoms with Crippen molar-refractivity contribution in [2.75, 3.05) is 11.9 Å². The van der Waals surface area contributed by atoms with Crippen LogP contribution in [-0.2, 0) is 6.42 Å². The summed E-state index contributed by atoms with van der Waals surface area (Å²) in [5.41, 5.74) is 1.56. The SMILES string of the molecule is CCc1nc(Br)cc(N(C)c2cccc(C#N)c2)n1. The number of nitrogens with zero attached hydrogens (tertiary/aromatic N) is 4. The summed E-state index contributed by atoms with van der Waals surface area (Å²) in [6, 6.07) is 11.4. The van der Waals surface area contributed by atoms with E-state index in [9.17, 15) is 0 Å². The molecule has 0 N–H and O–H groups in total. The summed E-state index contributed by atoms with van der Waals surface area (Å²) in [5.74, 6) is 1.58. The third-order valence-corrected chi connectivity index (χ3v) is 3.16. The van der Waals surface area contributed by atoms with Crippen LogP contribution in [0.2, 0.25) is 0 Å². The van der Waals surface area contributed by atoms with Crippen molar-refractivity contribution in [3.05, 3.63) is 46.3 Å². The van der Waals surface area contributed by atoms with Crippen molar-refractivity contribution >= 4 is 27.4 Å². The van der Waals surface area contributed by atoms with Gasteiger partial charge in [0.2, 0.25) is 0 Å². The van der Waals surface area contributed by atoms with Gasteiger partial charge >= 0.3 is 0 Å². The number of anilines is 2. The molecule has 1 heterocycles. The highest BCUT2D eigenvalue weighted by Gasteiger charge is 2.09. The van der Waals surface area contributed by atoms with E-state index < -0.39 is 0 Å². The molecule has 96 valence electrons. The summed E-state index contributed by atoms with van der Waals surface area (Å²) >= 11 is 3.39. The van der Waals surface area contributed by atoms with Gasteiger partial charge in [0.15, 0.2) is 0 Å². The molecule has 1 aromatic heterocycles. The maximum Gasteiger partial charge on any atom is 0.137 e. The lowest BCUT2D eigenvalue weighted by molar-refractivity contribution is 0.915. The van der Waals surface area contributed by atoms with Crippen LogP contribution in [0.5, 0.6) is 0 Å². The zero-order valence-corrected chi connectivity index (χ0v) is 12.3. The van der Waals surface area contributed by atoms with E-state index >= 15 is 0 Å². The highest BCUT2D eigenvalue weighted by molar-refractivity contribution is 9.10. The molecular weight excluding hydrogens is 304 g/mol. The maximum absolute atomic E-state index is 8.94. The zero-order chi connectivity index (χ0) is 13.8. The molecule has 0 unspecified atom stereocenters. The zero-order valence-electron chi connectivity index (χ0n) is 10.8. The maximum atomic E-state index is 8.94. The summed E-state index contributed by atoms with van der Waals surface area (Å²) in [5, 5.41) is 8.94. The first-order chi connectivity index (χ1) is 9.13. The van der Waals surface area contributed by atoms with E-state index in [2.05, 4.69) is 32.0 Å². The van der Waals surface area contributed by atoms with E-state index in [0.29, 0.717) is 5.56 Å². The van der Waals surface area contributed by atoms with Gasteiger partial charge in [-0.2, -0.15) is 5.26 Å². The Hall–Kier alpha value is -1.93. The van der Waals surface area contributed by atoms with E-state index in [1.165, 1.54) is 0 Å². The van der Waals surface area contributed by atoms with Crippen molar-refractivity contribution in [1.29, 1.82) is 5.26 Å². The molecule has 0 spiro atoms. The third kappa shape index (κ3) is 3.09. The molecule has 2 aromatic rings. The number of halogens is 1. The van der Waals surface area contributed by atoms with E-state index in [1.807, 2.05) is 43.1 Å². The van der Waals surface area contributed by atoms with Crippen molar-refractivity contribution in [2.45, 2.75) is 13.3 Å². The quantitative estimate of drug-likeness (QED) is 0.814. The Morgan fingerprint density at radius 1 is 1.32 bits per heavy atom. The van der Waals surface area contributed by atoms with Crippen molar-refractivity contribution in [3.8, 4) is 6.07 Å². The van der Waals surface area contributed by atoms with Crippen molar-refractivity contribution in [1.82, 2.24) is 9.97 Å². The highest BCUT2D eigenvalue weighted by Crippen LogP contribution is 2.24. The smallest absolute Gasteiger partial charge is 0.137 e. The molecule has 0 fully saturated rings. The van der Waals surface area contributed by atoms with Crippen LogP contribution in [0.3, 0.4) is 0 Å². The van der Waals surface area contributed by atoms with Gasteiger partial charge in [-0.3, -0.25) is 0 Å². The molecule has 0 saturated heterocycles. The standard InChI is InChI=1S/C14H13BrN4/c1-3-13-17-12(15)8-14(18-13)19(2)11-6-4-5-10(7-11)9-16/h4-8H,3H2,1-2H3. The van der Waals surface area contributed by atoms with Crippen molar-refractivity contribution in [2.24, 2.45) is 0 Å². The number of nitriles is 1.